The first-order valence-corrected chi connectivity index (χ1v) is 7.08. The summed E-state index contributed by atoms with van der Waals surface area (Å²) in [5.41, 5.74) is -0.743. The Bertz CT molecular complexity index is 332. The fourth-order valence-corrected chi connectivity index (χ4v) is 2.67. The summed E-state index contributed by atoms with van der Waals surface area (Å²) in [4.78, 5) is 25.4. The zero-order valence-electron chi connectivity index (χ0n) is 11.2. The molecule has 2 saturated carbocycles. The lowest BCUT2D eigenvalue weighted by Crippen LogP contribution is -2.44. The van der Waals surface area contributed by atoms with E-state index in [9.17, 15) is 14.7 Å². The zero-order chi connectivity index (χ0) is 13.2. The van der Waals surface area contributed by atoms with E-state index in [1.807, 2.05) is 4.90 Å². The van der Waals surface area contributed by atoms with Gasteiger partial charge in [-0.05, 0) is 38.0 Å². The Kier molecular flexibility index (Phi) is 3.93. The Hall–Kier alpha value is -1.06. The van der Waals surface area contributed by atoms with Crippen LogP contribution in [0.2, 0.25) is 0 Å². The first kappa shape index (κ1) is 13.4. The monoisotopic (exact) mass is 253 g/mol. The Morgan fingerprint density at radius 1 is 1.33 bits per heavy atom. The van der Waals surface area contributed by atoms with Crippen molar-refractivity contribution in [3.63, 3.8) is 0 Å². The van der Waals surface area contributed by atoms with Crippen LogP contribution in [0.5, 0.6) is 0 Å². The number of carboxylic acids is 1. The van der Waals surface area contributed by atoms with Crippen LogP contribution < -0.4 is 0 Å². The van der Waals surface area contributed by atoms with Crippen LogP contribution in [0.4, 0.5) is 0 Å². The van der Waals surface area contributed by atoms with Gasteiger partial charge in [-0.1, -0.05) is 13.3 Å². The highest BCUT2D eigenvalue weighted by Crippen LogP contribution is 2.44. The fraction of sp³-hybridized carbons (Fsp3) is 0.857. The lowest BCUT2D eigenvalue weighted by Gasteiger charge is -2.38. The Morgan fingerprint density at radius 2 is 2.00 bits per heavy atom. The minimum Gasteiger partial charge on any atom is -0.481 e. The Balaban J connectivity index is 1.92. The molecule has 0 radical (unpaired) electrons. The smallest absolute Gasteiger partial charge is 0.310 e. The van der Waals surface area contributed by atoms with Crippen molar-refractivity contribution < 1.29 is 14.7 Å². The first-order chi connectivity index (χ1) is 8.57. The van der Waals surface area contributed by atoms with Gasteiger partial charge >= 0.3 is 5.97 Å². The summed E-state index contributed by atoms with van der Waals surface area (Å²) in [5.74, 6) is -0.0708. The third-order valence-corrected chi connectivity index (χ3v) is 4.28. The first-order valence-electron chi connectivity index (χ1n) is 7.08. The van der Waals surface area contributed by atoms with Crippen LogP contribution in [-0.4, -0.2) is 35.0 Å². The molecule has 2 rings (SSSR count). The van der Waals surface area contributed by atoms with Gasteiger partial charge in [0.25, 0.3) is 0 Å². The van der Waals surface area contributed by atoms with Crippen molar-refractivity contribution in [3.8, 4) is 0 Å². The standard InChI is InChI=1S/C14H23NO3/c1-2-8-15(10-11-4-5-11)12(16)9-14(13(17)18)6-3-7-14/h11H,2-10H2,1H3,(H,17,18). The lowest BCUT2D eigenvalue weighted by molar-refractivity contribution is -0.159. The molecule has 0 unspecified atom stereocenters. The van der Waals surface area contributed by atoms with Crippen LogP contribution in [0.1, 0.15) is 51.9 Å². The summed E-state index contributed by atoms with van der Waals surface area (Å²) in [6, 6.07) is 0. The van der Waals surface area contributed by atoms with E-state index in [4.69, 9.17) is 0 Å². The molecule has 18 heavy (non-hydrogen) atoms. The molecule has 0 aromatic carbocycles. The van der Waals surface area contributed by atoms with Crippen LogP contribution in [0.15, 0.2) is 0 Å². The van der Waals surface area contributed by atoms with Crippen LogP contribution in [0.25, 0.3) is 0 Å². The molecule has 0 bridgehead atoms. The van der Waals surface area contributed by atoms with Gasteiger partial charge in [0.2, 0.25) is 5.91 Å². The molecular weight excluding hydrogens is 230 g/mol. The molecule has 4 heteroatoms. The van der Waals surface area contributed by atoms with Crippen LogP contribution in [-0.2, 0) is 9.59 Å². The number of carbonyl (C=O) groups excluding carboxylic acids is 1. The number of hydrogen-bond acceptors (Lipinski definition) is 2. The van der Waals surface area contributed by atoms with Gasteiger partial charge in [0.05, 0.1) is 5.41 Å². The molecule has 0 spiro atoms. The average molecular weight is 253 g/mol. The molecule has 2 fully saturated rings. The predicted octanol–water partition coefficient (Wildman–Crippen LogP) is 2.28. The van der Waals surface area contributed by atoms with Crippen LogP contribution in [0, 0.1) is 11.3 Å². The number of carboxylic acid groups (broad SMARTS) is 1. The number of nitrogens with zero attached hydrogens (tertiary/aromatic N) is 1. The minimum atomic E-state index is -0.787. The topological polar surface area (TPSA) is 57.6 Å². The SMILES string of the molecule is CCCN(CC1CC1)C(=O)CC1(C(=O)O)CCC1. The van der Waals surface area contributed by atoms with E-state index in [0.29, 0.717) is 18.8 Å². The van der Waals surface area contributed by atoms with Gasteiger partial charge in [-0.25, -0.2) is 0 Å². The second-order valence-electron chi connectivity index (χ2n) is 5.90. The molecule has 4 nitrogen and oxygen atoms in total. The zero-order valence-corrected chi connectivity index (χ0v) is 11.2. The van der Waals surface area contributed by atoms with E-state index in [1.54, 1.807) is 0 Å². The summed E-state index contributed by atoms with van der Waals surface area (Å²) in [5, 5.41) is 9.27. The molecule has 0 saturated heterocycles. The summed E-state index contributed by atoms with van der Waals surface area (Å²) in [7, 11) is 0. The highest BCUT2D eigenvalue weighted by atomic mass is 16.4. The Labute approximate surface area is 108 Å². The number of rotatable bonds is 7. The number of amides is 1. The minimum absolute atomic E-state index is 0.0471. The normalized spacial score (nSPS) is 21.2. The lowest BCUT2D eigenvalue weighted by atomic mass is 9.66. The van der Waals surface area contributed by atoms with Gasteiger partial charge in [0.1, 0.15) is 0 Å². The fourth-order valence-electron chi connectivity index (χ4n) is 2.67. The molecular formula is C14H23NO3. The predicted molar refractivity (Wildman–Crippen MR) is 68.1 cm³/mol. The molecule has 2 aliphatic carbocycles. The number of carbonyl (C=O) groups is 2. The van der Waals surface area contributed by atoms with Crippen molar-refractivity contribution in [2.45, 2.75) is 51.9 Å². The van der Waals surface area contributed by atoms with Gasteiger partial charge in [-0.15, -0.1) is 0 Å². The van der Waals surface area contributed by atoms with Crippen LogP contribution >= 0.6 is 0 Å². The number of hydrogen-bond donors (Lipinski definition) is 1. The highest BCUT2D eigenvalue weighted by molar-refractivity contribution is 5.85. The van der Waals surface area contributed by atoms with Crippen molar-refractivity contribution in [1.29, 1.82) is 0 Å². The molecule has 1 amide bonds. The van der Waals surface area contributed by atoms with Gasteiger partial charge in [0, 0.05) is 19.5 Å². The van der Waals surface area contributed by atoms with E-state index < -0.39 is 11.4 Å². The van der Waals surface area contributed by atoms with Crippen molar-refractivity contribution >= 4 is 11.9 Å². The van der Waals surface area contributed by atoms with Gasteiger partial charge in [-0.2, -0.15) is 0 Å². The summed E-state index contributed by atoms with van der Waals surface area (Å²) in [6.45, 7) is 3.66. The summed E-state index contributed by atoms with van der Waals surface area (Å²) < 4.78 is 0. The third kappa shape index (κ3) is 2.85. The molecule has 0 aromatic heterocycles. The Morgan fingerprint density at radius 3 is 2.39 bits per heavy atom. The summed E-state index contributed by atoms with van der Waals surface area (Å²) >= 11 is 0. The maximum Gasteiger partial charge on any atom is 0.310 e. The van der Waals surface area contributed by atoms with Gasteiger partial charge < -0.3 is 10.0 Å². The molecule has 0 heterocycles. The second kappa shape index (κ2) is 5.29. The second-order valence-corrected chi connectivity index (χ2v) is 5.90. The van der Waals surface area contributed by atoms with Gasteiger partial charge in [-0.3, -0.25) is 9.59 Å². The molecule has 0 atom stereocenters. The summed E-state index contributed by atoms with van der Waals surface area (Å²) in [6.07, 6.45) is 5.85. The van der Waals surface area contributed by atoms with E-state index in [0.717, 1.165) is 25.9 Å². The molecule has 0 aliphatic heterocycles. The molecule has 2 aliphatic rings. The molecule has 0 aromatic rings. The highest BCUT2D eigenvalue weighted by Gasteiger charge is 2.46. The average Bonchev–Trinajstić information content (AvgIpc) is 3.05. The van der Waals surface area contributed by atoms with E-state index >= 15 is 0 Å². The van der Waals surface area contributed by atoms with Crippen molar-refractivity contribution in [3.05, 3.63) is 0 Å². The maximum absolute atomic E-state index is 12.3. The quantitative estimate of drug-likeness (QED) is 0.757. The van der Waals surface area contributed by atoms with Crippen molar-refractivity contribution in [2.75, 3.05) is 13.1 Å². The van der Waals surface area contributed by atoms with E-state index in [1.165, 1.54) is 12.8 Å². The van der Waals surface area contributed by atoms with Gasteiger partial charge in [0.15, 0.2) is 0 Å². The van der Waals surface area contributed by atoms with Crippen molar-refractivity contribution in [2.24, 2.45) is 11.3 Å². The molecule has 102 valence electrons. The van der Waals surface area contributed by atoms with E-state index in [2.05, 4.69) is 6.92 Å². The number of aliphatic carboxylic acids is 1. The third-order valence-electron chi connectivity index (χ3n) is 4.28. The maximum atomic E-state index is 12.3. The van der Waals surface area contributed by atoms with Crippen molar-refractivity contribution in [1.82, 2.24) is 4.90 Å². The van der Waals surface area contributed by atoms with Crippen LogP contribution in [0.3, 0.4) is 0 Å². The largest absolute Gasteiger partial charge is 0.481 e. The van der Waals surface area contributed by atoms with E-state index in [-0.39, 0.29) is 12.3 Å². The molecule has 1 N–H and O–H groups in total.